The van der Waals surface area contributed by atoms with Crippen LogP contribution in [0.25, 0.3) is 0 Å². The van der Waals surface area contributed by atoms with Gasteiger partial charge >= 0.3 is 6.18 Å². The highest BCUT2D eigenvalue weighted by atomic mass is 19.4. The Morgan fingerprint density at radius 3 is 2.30 bits per heavy atom. The largest absolute Gasteiger partial charge is 0.391 e. The fourth-order valence-electron chi connectivity index (χ4n) is 4.07. The van der Waals surface area contributed by atoms with Crippen LogP contribution in [0.15, 0.2) is 0 Å². The molecule has 0 aromatic carbocycles. The minimum Gasteiger partial charge on any atom is -0.271 e. The van der Waals surface area contributed by atoms with Crippen LogP contribution in [-0.4, -0.2) is 12.2 Å². The Balaban J connectivity index is 1.89. The molecule has 3 atom stereocenters. The monoisotopic (exact) mass is 292 g/mol. The van der Waals surface area contributed by atoms with Crippen molar-refractivity contribution in [1.29, 1.82) is 0 Å². The molecule has 0 heterocycles. The van der Waals surface area contributed by atoms with Crippen LogP contribution in [0.5, 0.6) is 0 Å². The minimum absolute atomic E-state index is 0.0586. The maximum Gasteiger partial charge on any atom is 0.391 e. The van der Waals surface area contributed by atoms with E-state index in [-0.39, 0.29) is 18.4 Å². The van der Waals surface area contributed by atoms with Crippen LogP contribution in [0, 0.1) is 17.8 Å². The summed E-state index contributed by atoms with van der Waals surface area (Å²) in [6.45, 7) is 0. The Kier molecular flexibility index (Phi) is 5.73. The van der Waals surface area contributed by atoms with Crippen molar-refractivity contribution in [2.45, 2.75) is 76.4 Å². The number of hydrogen-bond acceptors (Lipinski definition) is 2. The first-order valence-corrected chi connectivity index (χ1v) is 8.03. The van der Waals surface area contributed by atoms with E-state index in [1.165, 1.54) is 32.1 Å². The molecular formula is C15H27F3N2. The predicted molar refractivity (Wildman–Crippen MR) is 73.8 cm³/mol. The molecule has 3 unspecified atom stereocenters. The third-order valence-electron chi connectivity index (χ3n) is 5.27. The fourth-order valence-corrected chi connectivity index (χ4v) is 4.07. The summed E-state index contributed by atoms with van der Waals surface area (Å²) in [7, 11) is 0. The Morgan fingerprint density at radius 1 is 1.00 bits per heavy atom. The molecule has 2 rings (SSSR count). The molecule has 118 valence electrons. The van der Waals surface area contributed by atoms with Crippen LogP contribution in [0.1, 0.15) is 64.2 Å². The molecule has 0 bridgehead atoms. The van der Waals surface area contributed by atoms with Gasteiger partial charge in [-0.05, 0) is 37.5 Å². The van der Waals surface area contributed by atoms with Gasteiger partial charge in [0.2, 0.25) is 0 Å². The van der Waals surface area contributed by atoms with Gasteiger partial charge in [0.05, 0.1) is 5.92 Å². The average Bonchev–Trinajstić information content (AvgIpc) is 2.45. The highest BCUT2D eigenvalue weighted by Crippen LogP contribution is 2.42. The fraction of sp³-hybridized carbons (Fsp3) is 1.00. The van der Waals surface area contributed by atoms with Crippen molar-refractivity contribution in [3.05, 3.63) is 0 Å². The van der Waals surface area contributed by atoms with Gasteiger partial charge in [-0.2, -0.15) is 13.2 Å². The topological polar surface area (TPSA) is 38.0 Å². The predicted octanol–water partition coefficient (Wildman–Crippen LogP) is 4.16. The molecule has 2 aliphatic rings. The number of alkyl halides is 3. The van der Waals surface area contributed by atoms with Crippen LogP contribution >= 0.6 is 0 Å². The maximum atomic E-state index is 12.9. The lowest BCUT2D eigenvalue weighted by molar-refractivity contribution is -0.186. The summed E-state index contributed by atoms with van der Waals surface area (Å²) in [5.41, 5.74) is 2.82. The summed E-state index contributed by atoms with van der Waals surface area (Å²) in [6, 6.07) is 0.0586. The Hall–Kier alpha value is -0.290. The van der Waals surface area contributed by atoms with Crippen LogP contribution in [0.3, 0.4) is 0 Å². The van der Waals surface area contributed by atoms with Gasteiger partial charge < -0.3 is 0 Å². The van der Waals surface area contributed by atoms with E-state index < -0.39 is 12.1 Å². The zero-order valence-electron chi connectivity index (χ0n) is 12.1. The second kappa shape index (κ2) is 7.12. The van der Waals surface area contributed by atoms with Gasteiger partial charge in [-0.3, -0.25) is 11.3 Å². The van der Waals surface area contributed by atoms with Gasteiger partial charge in [-0.1, -0.05) is 38.5 Å². The van der Waals surface area contributed by atoms with Gasteiger partial charge in [0, 0.05) is 6.04 Å². The minimum atomic E-state index is -4.04. The van der Waals surface area contributed by atoms with Gasteiger partial charge in [-0.25, -0.2) is 0 Å². The molecule has 0 saturated heterocycles. The zero-order chi connectivity index (χ0) is 14.6. The number of halogens is 3. The Morgan fingerprint density at radius 2 is 1.70 bits per heavy atom. The van der Waals surface area contributed by atoms with Gasteiger partial charge in [-0.15, -0.1) is 0 Å². The van der Waals surface area contributed by atoms with E-state index in [0.29, 0.717) is 18.8 Å². The second-order valence-electron chi connectivity index (χ2n) is 6.68. The van der Waals surface area contributed by atoms with Crippen LogP contribution < -0.4 is 11.3 Å². The van der Waals surface area contributed by atoms with E-state index in [1.807, 2.05) is 0 Å². The molecule has 0 spiro atoms. The molecule has 0 amide bonds. The van der Waals surface area contributed by atoms with Crippen LogP contribution in [0.2, 0.25) is 0 Å². The van der Waals surface area contributed by atoms with Gasteiger partial charge in [0.1, 0.15) is 0 Å². The lowest BCUT2D eigenvalue weighted by Gasteiger charge is -2.37. The van der Waals surface area contributed by atoms with E-state index in [9.17, 15) is 13.2 Å². The number of hydrazine groups is 1. The van der Waals surface area contributed by atoms with Crippen molar-refractivity contribution in [3.63, 3.8) is 0 Å². The normalized spacial score (nSPS) is 31.2. The van der Waals surface area contributed by atoms with Crippen molar-refractivity contribution in [2.24, 2.45) is 23.6 Å². The third kappa shape index (κ3) is 4.35. The molecule has 0 aromatic heterocycles. The van der Waals surface area contributed by atoms with E-state index in [0.717, 1.165) is 12.8 Å². The quantitative estimate of drug-likeness (QED) is 0.603. The first-order chi connectivity index (χ1) is 9.50. The smallest absolute Gasteiger partial charge is 0.271 e. The summed E-state index contributed by atoms with van der Waals surface area (Å²) in [5, 5.41) is 0. The summed E-state index contributed by atoms with van der Waals surface area (Å²) < 4.78 is 38.7. The summed E-state index contributed by atoms with van der Waals surface area (Å²) in [6.07, 6.45) is 5.28. The molecule has 2 aliphatic carbocycles. The molecule has 0 aliphatic heterocycles. The van der Waals surface area contributed by atoms with E-state index in [4.69, 9.17) is 5.84 Å². The Labute approximate surface area is 119 Å². The molecule has 5 heteroatoms. The number of nitrogens with two attached hydrogens (primary N) is 1. The zero-order valence-corrected chi connectivity index (χ0v) is 12.1. The number of hydrogen-bond donors (Lipinski definition) is 2. The molecule has 2 fully saturated rings. The standard InChI is InChI=1S/C15H27F3N2/c16-15(17,18)13-8-4-7-12(10-13)14(20-19)9-11-5-2-1-3-6-11/h11-14,20H,1-10,19H2. The highest BCUT2D eigenvalue weighted by Gasteiger charge is 2.43. The molecule has 0 aromatic rings. The summed E-state index contributed by atoms with van der Waals surface area (Å²) in [5.74, 6) is 5.26. The maximum absolute atomic E-state index is 12.9. The first-order valence-electron chi connectivity index (χ1n) is 8.03. The van der Waals surface area contributed by atoms with Crippen molar-refractivity contribution >= 4 is 0 Å². The van der Waals surface area contributed by atoms with E-state index >= 15 is 0 Å². The van der Waals surface area contributed by atoms with Crippen LogP contribution in [-0.2, 0) is 0 Å². The molecule has 2 saturated carbocycles. The third-order valence-corrected chi connectivity index (χ3v) is 5.27. The van der Waals surface area contributed by atoms with E-state index in [2.05, 4.69) is 5.43 Å². The molecular weight excluding hydrogens is 265 g/mol. The summed E-state index contributed by atoms with van der Waals surface area (Å²) >= 11 is 0. The second-order valence-corrected chi connectivity index (χ2v) is 6.68. The first kappa shape index (κ1) is 16.1. The lowest BCUT2D eigenvalue weighted by Crippen LogP contribution is -2.45. The van der Waals surface area contributed by atoms with Gasteiger partial charge in [0.15, 0.2) is 0 Å². The van der Waals surface area contributed by atoms with Crippen molar-refractivity contribution < 1.29 is 13.2 Å². The van der Waals surface area contributed by atoms with Gasteiger partial charge in [0.25, 0.3) is 0 Å². The molecule has 2 nitrogen and oxygen atoms in total. The van der Waals surface area contributed by atoms with Crippen LogP contribution in [0.4, 0.5) is 13.2 Å². The molecule has 0 radical (unpaired) electrons. The van der Waals surface area contributed by atoms with E-state index in [1.54, 1.807) is 0 Å². The highest BCUT2D eigenvalue weighted by molar-refractivity contribution is 4.86. The van der Waals surface area contributed by atoms with Crippen molar-refractivity contribution in [3.8, 4) is 0 Å². The number of nitrogens with one attached hydrogen (secondary N) is 1. The summed E-state index contributed by atoms with van der Waals surface area (Å²) in [4.78, 5) is 0. The number of rotatable bonds is 4. The molecule has 20 heavy (non-hydrogen) atoms. The Bertz CT molecular complexity index is 287. The lowest BCUT2D eigenvalue weighted by atomic mass is 9.74. The van der Waals surface area contributed by atoms with Crippen molar-refractivity contribution in [1.82, 2.24) is 5.43 Å². The average molecular weight is 292 g/mol. The van der Waals surface area contributed by atoms with Crippen molar-refractivity contribution in [2.75, 3.05) is 0 Å². The SMILES string of the molecule is NNC(CC1CCCCC1)C1CCCC(C(F)(F)F)C1. The molecule has 3 N–H and O–H groups in total.